The number of hydrogen-bond donors (Lipinski definition) is 0. The minimum atomic E-state index is -0.532. The number of hydrogen-bond acceptors (Lipinski definition) is 8. The SMILES string of the molecule is CCC(C)(C)C(=O)Oc1ccc(N=Nc2ccc(C(=O)OCCCCOCC3(C)COC3)cc2)cc1. The molecule has 1 heterocycles. The lowest BCUT2D eigenvalue weighted by molar-refractivity contribution is -0.144. The maximum atomic E-state index is 12.2. The Morgan fingerprint density at radius 2 is 1.53 bits per heavy atom. The second-order valence-electron chi connectivity index (χ2n) is 10.1. The number of unbranched alkanes of at least 4 members (excludes halogenated alkanes) is 1. The van der Waals surface area contributed by atoms with Gasteiger partial charge in [0, 0.05) is 12.0 Å². The van der Waals surface area contributed by atoms with Gasteiger partial charge in [-0.1, -0.05) is 13.8 Å². The predicted octanol–water partition coefficient (Wildman–Crippen LogP) is 6.43. The Labute approximate surface area is 213 Å². The van der Waals surface area contributed by atoms with Crippen LogP contribution in [0.3, 0.4) is 0 Å². The smallest absolute Gasteiger partial charge is 0.338 e. The van der Waals surface area contributed by atoms with Crippen LogP contribution in [0.25, 0.3) is 0 Å². The second-order valence-corrected chi connectivity index (χ2v) is 10.1. The number of benzene rings is 2. The quantitative estimate of drug-likeness (QED) is 0.137. The van der Waals surface area contributed by atoms with Gasteiger partial charge in [-0.25, -0.2) is 4.79 Å². The van der Waals surface area contributed by atoms with Crippen molar-refractivity contribution in [2.75, 3.05) is 33.0 Å². The summed E-state index contributed by atoms with van der Waals surface area (Å²) in [7, 11) is 0. The fourth-order valence-electron chi connectivity index (χ4n) is 3.16. The van der Waals surface area contributed by atoms with Crippen LogP contribution in [-0.4, -0.2) is 45.0 Å². The van der Waals surface area contributed by atoms with Crippen LogP contribution in [0, 0.1) is 10.8 Å². The van der Waals surface area contributed by atoms with Crippen molar-refractivity contribution in [2.24, 2.45) is 21.1 Å². The van der Waals surface area contributed by atoms with Gasteiger partial charge < -0.3 is 18.9 Å². The highest BCUT2D eigenvalue weighted by molar-refractivity contribution is 5.89. The van der Waals surface area contributed by atoms with Gasteiger partial charge in [-0.15, -0.1) is 0 Å². The zero-order valence-corrected chi connectivity index (χ0v) is 21.6. The first-order chi connectivity index (χ1) is 17.2. The van der Waals surface area contributed by atoms with Crippen LogP contribution in [0.4, 0.5) is 11.4 Å². The molecule has 2 aromatic carbocycles. The van der Waals surface area contributed by atoms with Gasteiger partial charge in [0.05, 0.1) is 48.8 Å². The van der Waals surface area contributed by atoms with Crippen LogP contribution in [0.5, 0.6) is 5.75 Å². The van der Waals surface area contributed by atoms with E-state index < -0.39 is 5.41 Å². The Morgan fingerprint density at radius 3 is 2.08 bits per heavy atom. The Morgan fingerprint density at radius 1 is 0.944 bits per heavy atom. The molecule has 0 N–H and O–H groups in total. The highest BCUT2D eigenvalue weighted by atomic mass is 16.5. The summed E-state index contributed by atoms with van der Waals surface area (Å²) in [5.74, 6) is -0.166. The molecule has 0 aliphatic carbocycles. The first kappa shape index (κ1) is 27.5. The van der Waals surface area contributed by atoms with Crippen LogP contribution in [0.15, 0.2) is 58.8 Å². The van der Waals surface area contributed by atoms with E-state index in [0.29, 0.717) is 48.9 Å². The fraction of sp³-hybridized carbons (Fsp3) is 0.500. The van der Waals surface area contributed by atoms with Gasteiger partial charge in [0.1, 0.15) is 5.75 Å². The summed E-state index contributed by atoms with van der Waals surface area (Å²) in [5, 5.41) is 8.39. The molecule has 8 heteroatoms. The van der Waals surface area contributed by atoms with Crippen LogP contribution in [-0.2, 0) is 19.0 Å². The predicted molar refractivity (Wildman–Crippen MR) is 136 cm³/mol. The van der Waals surface area contributed by atoms with E-state index in [4.69, 9.17) is 18.9 Å². The Hall–Kier alpha value is -3.10. The molecule has 3 rings (SSSR count). The van der Waals surface area contributed by atoms with Crippen LogP contribution in [0.1, 0.15) is 57.3 Å². The second kappa shape index (κ2) is 12.7. The minimum absolute atomic E-state index is 0.158. The van der Waals surface area contributed by atoms with Gasteiger partial charge in [0.25, 0.3) is 0 Å². The van der Waals surface area contributed by atoms with E-state index in [2.05, 4.69) is 17.2 Å². The normalized spacial score (nSPS) is 14.9. The number of rotatable bonds is 13. The Balaban J connectivity index is 1.37. The molecular formula is C28H36N2O6. The molecule has 0 unspecified atom stereocenters. The average Bonchev–Trinajstić information content (AvgIpc) is 2.86. The maximum absolute atomic E-state index is 12.2. The monoisotopic (exact) mass is 496 g/mol. The summed E-state index contributed by atoms with van der Waals surface area (Å²) in [6.45, 7) is 11.0. The number of carbonyl (C=O) groups excluding carboxylic acids is 2. The lowest BCUT2D eigenvalue weighted by Crippen LogP contribution is -2.43. The van der Waals surface area contributed by atoms with Crippen molar-refractivity contribution in [3.63, 3.8) is 0 Å². The third-order valence-electron chi connectivity index (χ3n) is 6.14. The van der Waals surface area contributed by atoms with E-state index in [-0.39, 0.29) is 17.4 Å². The molecule has 36 heavy (non-hydrogen) atoms. The summed E-state index contributed by atoms with van der Waals surface area (Å²) in [5.41, 5.74) is 1.31. The van der Waals surface area contributed by atoms with E-state index in [9.17, 15) is 9.59 Å². The zero-order valence-electron chi connectivity index (χ0n) is 21.6. The lowest BCUT2D eigenvalue weighted by atomic mass is 9.90. The van der Waals surface area contributed by atoms with Crippen molar-refractivity contribution in [3.05, 3.63) is 54.1 Å². The number of azo groups is 1. The molecule has 1 aliphatic rings. The van der Waals surface area contributed by atoms with Crippen LogP contribution >= 0.6 is 0 Å². The van der Waals surface area contributed by atoms with E-state index in [1.807, 2.05) is 20.8 Å². The van der Waals surface area contributed by atoms with Gasteiger partial charge in [-0.3, -0.25) is 4.79 Å². The molecule has 1 fully saturated rings. The molecule has 0 radical (unpaired) electrons. The standard InChI is InChI=1S/C28H36N2O6/c1-5-27(2,3)26(32)36-24-14-12-23(13-15-24)30-29-22-10-8-21(9-11-22)25(31)35-17-7-6-16-33-18-28(4)19-34-20-28/h8-15H,5-7,16-20H2,1-4H3. The van der Waals surface area contributed by atoms with E-state index in [1.165, 1.54) is 0 Å². The molecular weight excluding hydrogens is 460 g/mol. The summed E-state index contributed by atoms with van der Waals surface area (Å²) < 4.78 is 21.7. The van der Waals surface area contributed by atoms with Crippen LogP contribution < -0.4 is 4.74 Å². The van der Waals surface area contributed by atoms with Gasteiger partial charge in [0.15, 0.2) is 0 Å². The first-order valence-corrected chi connectivity index (χ1v) is 12.4. The molecule has 2 aromatic rings. The van der Waals surface area contributed by atoms with Gasteiger partial charge in [-0.05, 0) is 81.6 Å². The van der Waals surface area contributed by atoms with Gasteiger partial charge in [-0.2, -0.15) is 10.2 Å². The Kier molecular flexibility index (Phi) is 9.73. The molecule has 194 valence electrons. The molecule has 8 nitrogen and oxygen atoms in total. The molecule has 0 aromatic heterocycles. The van der Waals surface area contributed by atoms with Crippen LogP contribution in [0.2, 0.25) is 0 Å². The van der Waals surface area contributed by atoms with Gasteiger partial charge in [0.2, 0.25) is 0 Å². The Bertz CT molecular complexity index is 1030. The summed E-state index contributed by atoms with van der Waals surface area (Å²) in [6.07, 6.45) is 2.28. The lowest BCUT2D eigenvalue weighted by Gasteiger charge is -2.37. The third-order valence-corrected chi connectivity index (χ3v) is 6.14. The molecule has 0 spiro atoms. The minimum Gasteiger partial charge on any atom is -0.462 e. The van der Waals surface area contributed by atoms with E-state index >= 15 is 0 Å². The molecule has 0 atom stereocenters. The molecule has 0 amide bonds. The highest BCUT2D eigenvalue weighted by Gasteiger charge is 2.33. The third kappa shape index (κ3) is 8.24. The zero-order chi connectivity index (χ0) is 26.0. The number of carbonyl (C=O) groups is 2. The summed E-state index contributed by atoms with van der Waals surface area (Å²) in [6, 6.07) is 13.6. The first-order valence-electron chi connectivity index (χ1n) is 12.4. The fourth-order valence-corrected chi connectivity index (χ4v) is 3.16. The van der Waals surface area contributed by atoms with E-state index in [0.717, 1.165) is 26.1 Å². The number of nitrogens with zero attached hydrogens (tertiary/aromatic N) is 2. The average molecular weight is 497 g/mol. The van der Waals surface area contributed by atoms with Crippen molar-refractivity contribution in [3.8, 4) is 5.75 Å². The molecule has 0 bridgehead atoms. The topological polar surface area (TPSA) is 95.8 Å². The number of esters is 2. The van der Waals surface area contributed by atoms with Crippen molar-refractivity contribution >= 4 is 23.3 Å². The highest BCUT2D eigenvalue weighted by Crippen LogP contribution is 2.27. The largest absolute Gasteiger partial charge is 0.462 e. The van der Waals surface area contributed by atoms with E-state index in [1.54, 1.807) is 48.5 Å². The summed E-state index contributed by atoms with van der Waals surface area (Å²) in [4.78, 5) is 24.4. The number of ether oxygens (including phenoxy) is 4. The van der Waals surface area contributed by atoms with Crippen molar-refractivity contribution in [2.45, 2.75) is 47.0 Å². The molecule has 1 saturated heterocycles. The van der Waals surface area contributed by atoms with Gasteiger partial charge >= 0.3 is 11.9 Å². The summed E-state index contributed by atoms with van der Waals surface area (Å²) >= 11 is 0. The molecule has 0 saturated carbocycles. The van der Waals surface area contributed by atoms with Crippen molar-refractivity contribution in [1.82, 2.24) is 0 Å². The molecule has 1 aliphatic heterocycles. The van der Waals surface area contributed by atoms with Crippen molar-refractivity contribution < 1.29 is 28.5 Å². The van der Waals surface area contributed by atoms with Crippen molar-refractivity contribution in [1.29, 1.82) is 0 Å². The maximum Gasteiger partial charge on any atom is 0.338 e.